The number of nitrogens with zero attached hydrogens (tertiary/aromatic N) is 6. The highest BCUT2D eigenvalue weighted by Crippen LogP contribution is 2.15. The number of aryl methyl sites for hydroxylation is 1. The van der Waals surface area contributed by atoms with Gasteiger partial charge in [-0.25, -0.2) is 4.68 Å². The summed E-state index contributed by atoms with van der Waals surface area (Å²) in [6, 6.07) is 0.222. The van der Waals surface area contributed by atoms with Crippen LogP contribution in [0.5, 0.6) is 0 Å². The second-order valence-electron chi connectivity index (χ2n) is 4.83. The normalized spacial score (nSPS) is 18.5. The molecule has 1 aromatic heterocycles. The van der Waals surface area contributed by atoms with E-state index in [0.29, 0.717) is 4.99 Å². The molecule has 0 aliphatic carbocycles. The molecule has 0 amide bonds. The highest BCUT2D eigenvalue weighted by atomic mass is 32.1. The van der Waals surface area contributed by atoms with Gasteiger partial charge in [-0.1, -0.05) is 30.7 Å². The van der Waals surface area contributed by atoms with Crippen LogP contribution in [-0.4, -0.2) is 62.3 Å². The van der Waals surface area contributed by atoms with Gasteiger partial charge in [-0.05, 0) is 16.8 Å². The minimum Gasteiger partial charge on any atom is -0.392 e. The van der Waals surface area contributed by atoms with Crippen LogP contribution in [0.2, 0.25) is 0 Å². The topological polar surface area (TPSA) is 76.1 Å². The van der Waals surface area contributed by atoms with Crippen LogP contribution in [0, 0.1) is 0 Å². The van der Waals surface area contributed by atoms with E-state index in [-0.39, 0.29) is 6.04 Å². The van der Waals surface area contributed by atoms with E-state index in [9.17, 15) is 0 Å². The Labute approximate surface area is 118 Å². The summed E-state index contributed by atoms with van der Waals surface area (Å²) < 4.78 is 1.70. The van der Waals surface area contributed by atoms with E-state index in [0.717, 1.165) is 45.0 Å². The van der Waals surface area contributed by atoms with E-state index < -0.39 is 0 Å². The molecule has 8 heteroatoms. The summed E-state index contributed by atoms with van der Waals surface area (Å²) in [6.07, 6.45) is 2.12. The summed E-state index contributed by atoms with van der Waals surface area (Å²) in [4.78, 5) is 5.17. The van der Waals surface area contributed by atoms with Gasteiger partial charge in [-0.2, -0.15) is 0 Å². The highest BCUT2D eigenvalue weighted by molar-refractivity contribution is 7.80. The average Bonchev–Trinajstić information content (AvgIpc) is 2.82. The standard InChI is InChI=1S/C11H21N7S/c1-3-4-9(10(12)19)17-5-7-18(8-6-17)11-13-14-15-16(11)2/h9H,3-8H2,1-2H3,(H2,12,19). The maximum absolute atomic E-state index is 5.85. The van der Waals surface area contributed by atoms with Gasteiger partial charge >= 0.3 is 0 Å². The Hall–Kier alpha value is -1.28. The second kappa shape index (κ2) is 6.25. The Balaban J connectivity index is 1.95. The molecule has 0 aromatic carbocycles. The van der Waals surface area contributed by atoms with Gasteiger partial charge in [-0.3, -0.25) is 4.90 Å². The lowest BCUT2D eigenvalue weighted by Gasteiger charge is -2.38. The van der Waals surface area contributed by atoms with Crippen molar-refractivity contribution >= 4 is 23.2 Å². The molecule has 7 nitrogen and oxygen atoms in total. The predicted molar refractivity (Wildman–Crippen MR) is 78.1 cm³/mol. The monoisotopic (exact) mass is 283 g/mol. The average molecular weight is 283 g/mol. The number of piperazine rings is 1. The smallest absolute Gasteiger partial charge is 0.245 e. The van der Waals surface area contributed by atoms with Crippen molar-refractivity contribution in [2.24, 2.45) is 12.8 Å². The van der Waals surface area contributed by atoms with Crippen molar-refractivity contribution in [3.8, 4) is 0 Å². The van der Waals surface area contributed by atoms with Gasteiger partial charge in [0.15, 0.2) is 0 Å². The third-order valence-electron chi connectivity index (χ3n) is 3.53. The zero-order valence-electron chi connectivity index (χ0n) is 11.5. The lowest BCUT2D eigenvalue weighted by molar-refractivity contribution is 0.218. The molecular formula is C11H21N7S. The number of tetrazole rings is 1. The first-order valence-corrected chi connectivity index (χ1v) is 7.05. The number of hydrogen-bond acceptors (Lipinski definition) is 6. The Kier molecular flexibility index (Phi) is 4.65. The lowest BCUT2D eigenvalue weighted by atomic mass is 10.1. The molecule has 1 aliphatic heterocycles. The molecule has 1 fully saturated rings. The SMILES string of the molecule is CCCC(C(N)=S)N1CCN(c2nnnn2C)CC1. The lowest BCUT2D eigenvalue weighted by Crippen LogP contribution is -2.54. The number of hydrogen-bond donors (Lipinski definition) is 1. The van der Waals surface area contributed by atoms with E-state index in [4.69, 9.17) is 18.0 Å². The van der Waals surface area contributed by atoms with Crippen molar-refractivity contribution < 1.29 is 0 Å². The van der Waals surface area contributed by atoms with Gasteiger partial charge in [0.2, 0.25) is 5.95 Å². The zero-order chi connectivity index (χ0) is 13.8. The van der Waals surface area contributed by atoms with E-state index >= 15 is 0 Å². The van der Waals surface area contributed by atoms with E-state index in [1.54, 1.807) is 4.68 Å². The molecule has 0 bridgehead atoms. The summed E-state index contributed by atoms with van der Waals surface area (Å²) in [6.45, 7) is 5.84. The Morgan fingerprint density at radius 2 is 2.05 bits per heavy atom. The molecule has 0 spiro atoms. The third kappa shape index (κ3) is 3.19. The van der Waals surface area contributed by atoms with Crippen molar-refractivity contribution in [1.82, 2.24) is 25.1 Å². The van der Waals surface area contributed by atoms with Crippen molar-refractivity contribution in [3.05, 3.63) is 0 Å². The number of thiocarbonyl (C=S) groups is 1. The van der Waals surface area contributed by atoms with Crippen LogP contribution < -0.4 is 10.6 Å². The Bertz CT molecular complexity index is 424. The molecule has 2 heterocycles. The van der Waals surface area contributed by atoms with Crippen LogP contribution in [0.3, 0.4) is 0 Å². The van der Waals surface area contributed by atoms with Crippen molar-refractivity contribution in [2.45, 2.75) is 25.8 Å². The van der Waals surface area contributed by atoms with E-state index in [1.807, 2.05) is 7.05 Å². The van der Waals surface area contributed by atoms with E-state index in [2.05, 4.69) is 32.2 Å². The highest BCUT2D eigenvalue weighted by Gasteiger charge is 2.26. The Morgan fingerprint density at radius 3 is 2.53 bits per heavy atom. The van der Waals surface area contributed by atoms with Gasteiger partial charge in [0.25, 0.3) is 0 Å². The summed E-state index contributed by atoms with van der Waals surface area (Å²) in [5, 5.41) is 11.6. The molecule has 106 valence electrons. The molecular weight excluding hydrogens is 262 g/mol. The van der Waals surface area contributed by atoms with Crippen LogP contribution in [0.25, 0.3) is 0 Å². The van der Waals surface area contributed by atoms with Crippen molar-refractivity contribution in [3.63, 3.8) is 0 Å². The second-order valence-corrected chi connectivity index (χ2v) is 5.30. The van der Waals surface area contributed by atoms with Gasteiger partial charge in [0, 0.05) is 33.2 Å². The summed E-state index contributed by atoms with van der Waals surface area (Å²) in [5.74, 6) is 0.821. The minimum absolute atomic E-state index is 0.222. The maximum Gasteiger partial charge on any atom is 0.245 e. The predicted octanol–water partition coefficient (Wildman–Crippen LogP) is -0.213. The summed E-state index contributed by atoms with van der Waals surface area (Å²) in [7, 11) is 1.86. The molecule has 0 radical (unpaired) electrons. The molecule has 1 atom stereocenters. The largest absolute Gasteiger partial charge is 0.392 e. The molecule has 1 aliphatic rings. The fourth-order valence-corrected chi connectivity index (χ4v) is 2.77. The fraction of sp³-hybridized carbons (Fsp3) is 0.818. The summed E-state index contributed by atoms with van der Waals surface area (Å²) in [5.41, 5.74) is 5.85. The van der Waals surface area contributed by atoms with Gasteiger partial charge in [-0.15, -0.1) is 0 Å². The Morgan fingerprint density at radius 1 is 1.37 bits per heavy atom. The third-order valence-corrected chi connectivity index (χ3v) is 3.80. The first-order chi connectivity index (χ1) is 9.13. The van der Waals surface area contributed by atoms with Gasteiger partial charge < -0.3 is 10.6 Å². The van der Waals surface area contributed by atoms with E-state index in [1.165, 1.54) is 0 Å². The van der Waals surface area contributed by atoms with Crippen LogP contribution in [0.4, 0.5) is 5.95 Å². The fourth-order valence-electron chi connectivity index (χ4n) is 2.50. The molecule has 2 N–H and O–H groups in total. The first kappa shape index (κ1) is 14.1. The number of aromatic nitrogens is 4. The van der Waals surface area contributed by atoms with Crippen molar-refractivity contribution in [1.29, 1.82) is 0 Å². The molecule has 1 unspecified atom stereocenters. The van der Waals surface area contributed by atoms with Crippen LogP contribution in [0.15, 0.2) is 0 Å². The number of anilines is 1. The van der Waals surface area contributed by atoms with Crippen LogP contribution in [-0.2, 0) is 7.05 Å². The molecule has 19 heavy (non-hydrogen) atoms. The molecule has 1 saturated heterocycles. The summed E-state index contributed by atoms with van der Waals surface area (Å²) >= 11 is 5.18. The van der Waals surface area contributed by atoms with Crippen LogP contribution >= 0.6 is 12.2 Å². The number of rotatable bonds is 5. The first-order valence-electron chi connectivity index (χ1n) is 6.64. The zero-order valence-corrected chi connectivity index (χ0v) is 12.3. The quantitative estimate of drug-likeness (QED) is 0.749. The molecule has 2 rings (SSSR count). The van der Waals surface area contributed by atoms with Gasteiger partial charge in [0.1, 0.15) is 0 Å². The maximum atomic E-state index is 5.85. The van der Waals surface area contributed by atoms with Gasteiger partial charge in [0.05, 0.1) is 11.0 Å². The van der Waals surface area contributed by atoms with Crippen LogP contribution in [0.1, 0.15) is 19.8 Å². The molecule has 1 aromatic rings. The minimum atomic E-state index is 0.222. The molecule has 0 saturated carbocycles. The van der Waals surface area contributed by atoms with Crippen molar-refractivity contribution in [2.75, 3.05) is 31.1 Å². The number of nitrogens with two attached hydrogens (primary N) is 1.